The zero-order valence-electron chi connectivity index (χ0n) is 14.3. The minimum Gasteiger partial charge on any atom is -0.342 e. The highest BCUT2D eigenvalue weighted by atomic mass is 32.2. The van der Waals surface area contributed by atoms with Gasteiger partial charge in [0.15, 0.2) is 0 Å². The Hall–Kier alpha value is -3.00. The molecule has 0 saturated carbocycles. The average Bonchev–Trinajstić information content (AvgIpc) is 3.15. The molecule has 1 aromatic heterocycles. The molecule has 1 saturated heterocycles. The van der Waals surface area contributed by atoms with Gasteiger partial charge in [-0.15, -0.1) is 0 Å². The lowest BCUT2D eigenvalue weighted by molar-refractivity contribution is -0.137. The van der Waals surface area contributed by atoms with Crippen molar-refractivity contribution in [3.05, 3.63) is 76.3 Å². The van der Waals surface area contributed by atoms with Gasteiger partial charge in [0.05, 0.1) is 10.5 Å². The van der Waals surface area contributed by atoms with Crippen molar-refractivity contribution in [1.29, 1.82) is 0 Å². The minimum absolute atomic E-state index is 0.242. The fraction of sp³-hybridized carbons (Fsp3) is 0.100. The summed E-state index contributed by atoms with van der Waals surface area (Å²) in [6.45, 7) is 0.242. The molecule has 0 aliphatic carbocycles. The second kappa shape index (κ2) is 6.87. The number of halogens is 3. The van der Waals surface area contributed by atoms with E-state index in [1.165, 1.54) is 6.07 Å². The molecule has 0 spiro atoms. The molecule has 1 aliphatic rings. The topological polar surface area (TPSA) is 51.1 Å². The molecule has 0 bridgehead atoms. The smallest absolute Gasteiger partial charge is 0.342 e. The van der Waals surface area contributed by atoms with E-state index in [-0.39, 0.29) is 11.4 Å². The highest BCUT2D eigenvalue weighted by Gasteiger charge is 2.30. The SMILES string of the molecule is O=C1NC(=O)C(=Cc2cn(Cc3cccc(C(F)(F)F)c3)c3ccccc23)S1. The molecule has 8 heteroatoms. The van der Waals surface area contributed by atoms with Crippen LogP contribution in [0.3, 0.4) is 0 Å². The summed E-state index contributed by atoms with van der Waals surface area (Å²) in [6.07, 6.45) is -1.01. The second-order valence-corrected chi connectivity index (χ2v) is 7.29. The molecule has 2 amide bonds. The Morgan fingerprint density at radius 2 is 1.86 bits per heavy atom. The molecule has 2 heterocycles. The molecule has 0 radical (unpaired) electrons. The fourth-order valence-corrected chi connectivity index (χ4v) is 3.80. The Kier molecular flexibility index (Phi) is 4.50. The first kappa shape index (κ1) is 18.4. The van der Waals surface area contributed by atoms with Crippen LogP contribution in [0.5, 0.6) is 0 Å². The first-order valence-corrected chi connectivity index (χ1v) is 9.12. The van der Waals surface area contributed by atoms with Gasteiger partial charge >= 0.3 is 6.18 Å². The summed E-state index contributed by atoms with van der Waals surface area (Å²) < 4.78 is 40.8. The number of nitrogens with zero attached hydrogens (tertiary/aromatic N) is 1. The van der Waals surface area contributed by atoms with Crippen molar-refractivity contribution in [2.45, 2.75) is 12.7 Å². The van der Waals surface area contributed by atoms with Crippen LogP contribution in [0, 0.1) is 0 Å². The van der Waals surface area contributed by atoms with Crippen molar-refractivity contribution in [1.82, 2.24) is 9.88 Å². The van der Waals surface area contributed by atoms with Crippen LogP contribution in [0.2, 0.25) is 0 Å². The van der Waals surface area contributed by atoms with Crippen LogP contribution in [0.1, 0.15) is 16.7 Å². The van der Waals surface area contributed by atoms with Crippen LogP contribution in [0.4, 0.5) is 18.0 Å². The standard InChI is InChI=1S/C20H13F3N2O2S/c21-20(22,23)14-5-3-4-12(8-14)10-25-11-13(15-6-1-2-7-16(15)25)9-17-18(26)24-19(27)28-17/h1-9,11H,10H2,(H,24,26,27). The Morgan fingerprint density at radius 1 is 1.07 bits per heavy atom. The molecule has 28 heavy (non-hydrogen) atoms. The van der Waals surface area contributed by atoms with Gasteiger partial charge < -0.3 is 4.57 Å². The molecule has 0 atom stereocenters. The Labute approximate surface area is 162 Å². The fourth-order valence-electron chi connectivity index (χ4n) is 3.13. The van der Waals surface area contributed by atoms with Gasteiger partial charge in [0.2, 0.25) is 0 Å². The maximum atomic E-state index is 13.0. The summed E-state index contributed by atoms with van der Waals surface area (Å²) in [5.41, 5.74) is 1.36. The maximum absolute atomic E-state index is 13.0. The zero-order chi connectivity index (χ0) is 19.9. The maximum Gasteiger partial charge on any atom is 0.416 e. The summed E-state index contributed by atoms with van der Waals surface area (Å²) >= 11 is 0.822. The summed E-state index contributed by atoms with van der Waals surface area (Å²) in [7, 11) is 0. The van der Waals surface area contributed by atoms with Crippen molar-refractivity contribution < 1.29 is 22.8 Å². The van der Waals surface area contributed by atoms with Gasteiger partial charge in [-0.2, -0.15) is 13.2 Å². The van der Waals surface area contributed by atoms with Gasteiger partial charge in [-0.1, -0.05) is 30.3 Å². The largest absolute Gasteiger partial charge is 0.416 e. The molecule has 2 aromatic carbocycles. The molecule has 142 valence electrons. The number of carbonyl (C=O) groups excluding carboxylic acids is 2. The number of fused-ring (bicyclic) bond motifs is 1. The van der Waals surface area contributed by atoms with Gasteiger partial charge in [0.25, 0.3) is 11.1 Å². The molecule has 0 unspecified atom stereocenters. The number of carbonyl (C=O) groups is 2. The lowest BCUT2D eigenvalue weighted by atomic mass is 10.1. The van der Waals surface area contributed by atoms with Crippen molar-refractivity contribution >= 4 is 39.9 Å². The quantitative estimate of drug-likeness (QED) is 0.625. The Balaban J connectivity index is 1.74. The van der Waals surface area contributed by atoms with E-state index in [0.29, 0.717) is 5.56 Å². The van der Waals surface area contributed by atoms with E-state index in [4.69, 9.17) is 0 Å². The van der Waals surface area contributed by atoms with Crippen molar-refractivity contribution in [3.63, 3.8) is 0 Å². The van der Waals surface area contributed by atoms with Gasteiger partial charge in [-0.05, 0) is 41.6 Å². The van der Waals surface area contributed by atoms with Gasteiger partial charge in [-0.3, -0.25) is 14.9 Å². The lowest BCUT2D eigenvalue weighted by Crippen LogP contribution is -2.17. The predicted octanol–water partition coefficient (Wildman–Crippen LogP) is 5.03. The molecule has 1 fully saturated rings. The zero-order valence-corrected chi connectivity index (χ0v) is 15.1. The van der Waals surface area contributed by atoms with Crippen molar-refractivity contribution in [3.8, 4) is 0 Å². The first-order valence-electron chi connectivity index (χ1n) is 8.30. The van der Waals surface area contributed by atoms with E-state index in [1.807, 2.05) is 28.8 Å². The number of alkyl halides is 3. The summed E-state index contributed by atoms with van der Waals surface area (Å²) in [6, 6.07) is 12.6. The van der Waals surface area contributed by atoms with E-state index < -0.39 is 22.9 Å². The number of hydrogen-bond donors (Lipinski definition) is 1. The van der Waals surface area contributed by atoms with Crippen molar-refractivity contribution in [2.24, 2.45) is 0 Å². The molecule has 4 nitrogen and oxygen atoms in total. The van der Waals surface area contributed by atoms with Crippen LogP contribution in [-0.2, 0) is 17.5 Å². The molecule has 3 aromatic rings. The summed E-state index contributed by atoms with van der Waals surface area (Å²) in [5.74, 6) is -0.454. The number of imide groups is 1. The van der Waals surface area contributed by atoms with E-state index >= 15 is 0 Å². The minimum atomic E-state index is -4.40. The highest BCUT2D eigenvalue weighted by Crippen LogP contribution is 2.32. The van der Waals surface area contributed by atoms with Crippen LogP contribution in [0.15, 0.2) is 59.6 Å². The number of benzene rings is 2. The third-order valence-corrected chi connectivity index (χ3v) is 5.17. The second-order valence-electron chi connectivity index (χ2n) is 6.28. The van der Waals surface area contributed by atoms with E-state index in [1.54, 1.807) is 18.3 Å². The Morgan fingerprint density at radius 3 is 2.57 bits per heavy atom. The number of nitrogens with one attached hydrogen (secondary N) is 1. The lowest BCUT2D eigenvalue weighted by Gasteiger charge is -2.10. The molecular formula is C20H13F3N2O2S. The van der Waals surface area contributed by atoms with Gasteiger partial charge in [-0.25, -0.2) is 0 Å². The number of aromatic nitrogens is 1. The molecule has 1 N–H and O–H groups in total. The summed E-state index contributed by atoms with van der Waals surface area (Å²) in [5, 5.41) is 2.62. The number of thioether (sulfide) groups is 1. The average molecular weight is 402 g/mol. The number of hydrogen-bond acceptors (Lipinski definition) is 3. The highest BCUT2D eigenvalue weighted by molar-refractivity contribution is 8.18. The third-order valence-electron chi connectivity index (χ3n) is 4.36. The first-order chi connectivity index (χ1) is 13.3. The normalized spacial score (nSPS) is 16.2. The van der Waals surface area contributed by atoms with Gasteiger partial charge in [0, 0.05) is 29.2 Å². The predicted molar refractivity (Wildman–Crippen MR) is 102 cm³/mol. The summed E-state index contributed by atoms with van der Waals surface area (Å²) in [4.78, 5) is 23.5. The number of para-hydroxylation sites is 1. The van der Waals surface area contributed by atoms with E-state index in [9.17, 15) is 22.8 Å². The monoisotopic (exact) mass is 402 g/mol. The van der Waals surface area contributed by atoms with Crippen LogP contribution >= 0.6 is 11.8 Å². The molecule has 1 aliphatic heterocycles. The third kappa shape index (κ3) is 3.55. The van der Waals surface area contributed by atoms with Crippen molar-refractivity contribution in [2.75, 3.05) is 0 Å². The number of amides is 2. The number of rotatable bonds is 3. The van der Waals surface area contributed by atoms with Crippen LogP contribution in [-0.4, -0.2) is 15.7 Å². The van der Waals surface area contributed by atoms with Crippen LogP contribution < -0.4 is 5.32 Å². The van der Waals surface area contributed by atoms with E-state index in [0.717, 1.165) is 40.4 Å². The van der Waals surface area contributed by atoms with E-state index in [2.05, 4.69) is 5.32 Å². The van der Waals surface area contributed by atoms with Crippen LogP contribution in [0.25, 0.3) is 17.0 Å². The Bertz CT molecular complexity index is 1130. The molecular weight excluding hydrogens is 389 g/mol. The molecule has 4 rings (SSSR count). The van der Waals surface area contributed by atoms with Gasteiger partial charge in [0.1, 0.15) is 0 Å².